The first-order valence-corrected chi connectivity index (χ1v) is 12.1. The van der Waals surface area contributed by atoms with Gasteiger partial charge in [-0.3, -0.25) is 24.2 Å². The third-order valence-electron chi connectivity index (χ3n) is 6.03. The first-order valence-electron chi connectivity index (χ1n) is 12.1. The van der Waals surface area contributed by atoms with Gasteiger partial charge in [-0.05, 0) is 76.2 Å². The lowest BCUT2D eigenvalue weighted by Gasteiger charge is -2.22. The van der Waals surface area contributed by atoms with Gasteiger partial charge < -0.3 is 16.0 Å². The van der Waals surface area contributed by atoms with Gasteiger partial charge in [0.1, 0.15) is 5.69 Å². The molecule has 0 atom stereocenters. The van der Waals surface area contributed by atoms with Crippen molar-refractivity contribution in [3.63, 3.8) is 0 Å². The number of benzene rings is 2. The molecule has 1 aliphatic heterocycles. The molecule has 0 bridgehead atoms. The molecule has 0 fully saturated rings. The highest BCUT2D eigenvalue weighted by Gasteiger charge is 2.26. The minimum Gasteiger partial charge on any atom is -0.344 e. The number of H-pyrrole nitrogens is 1. The van der Waals surface area contributed by atoms with Crippen LogP contribution in [0, 0.1) is 6.92 Å². The summed E-state index contributed by atoms with van der Waals surface area (Å²) in [6.45, 7) is 7.79. The number of aromatic amines is 1. The van der Waals surface area contributed by atoms with Crippen molar-refractivity contribution in [2.45, 2.75) is 33.2 Å². The average Bonchev–Trinajstić information content (AvgIpc) is 3.61. The first-order chi connectivity index (χ1) is 18.1. The standard InChI is InChI=1S/C28H27N7O3/c1-16-13-23(35(34-16)28(2,3)4)27(38)31-19-8-5-17(6-9-19)25(36)18-7-10-22-20(14-18)21(26(37)32-22)15-29-24-11-12-30-33-24/h5-15H,1-4H3,(H,31,38)(H,32,37)(H2,29,30,33)/b21-15-. The van der Waals surface area contributed by atoms with Gasteiger partial charge in [0.2, 0.25) is 0 Å². The summed E-state index contributed by atoms with van der Waals surface area (Å²) in [5.41, 5.74) is 3.97. The molecule has 4 N–H and O–H groups in total. The quantitative estimate of drug-likeness (QED) is 0.222. The van der Waals surface area contributed by atoms with E-state index in [0.29, 0.717) is 45.2 Å². The molecule has 192 valence electrons. The molecule has 2 amide bonds. The van der Waals surface area contributed by atoms with E-state index in [2.05, 4.69) is 31.2 Å². The lowest BCUT2D eigenvalue weighted by atomic mass is 9.98. The fourth-order valence-corrected chi connectivity index (χ4v) is 4.20. The Morgan fingerprint density at radius 1 is 1.00 bits per heavy atom. The number of aromatic nitrogens is 4. The van der Waals surface area contributed by atoms with E-state index in [1.165, 1.54) is 0 Å². The maximum Gasteiger partial charge on any atom is 0.273 e. The van der Waals surface area contributed by atoms with Crippen molar-refractivity contribution in [2.75, 3.05) is 16.0 Å². The molecule has 38 heavy (non-hydrogen) atoms. The third-order valence-corrected chi connectivity index (χ3v) is 6.03. The molecule has 5 rings (SSSR count). The van der Waals surface area contributed by atoms with Crippen molar-refractivity contribution in [2.24, 2.45) is 0 Å². The van der Waals surface area contributed by atoms with Gasteiger partial charge >= 0.3 is 0 Å². The minimum absolute atomic E-state index is 0.203. The minimum atomic E-state index is -0.350. The number of nitrogens with zero attached hydrogens (tertiary/aromatic N) is 3. The number of fused-ring (bicyclic) bond motifs is 1. The number of carbonyl (C=O) groups is 3. The van der Waals surface area contributed by atoms with Crippen LogP contribution in [-0.2, 0) is 10.3 Å². The maximum atomic E-state index is 13.2. The Morgan fingerprint density at radius 2 is 1.74 bits per heavy atom. The zero-order valence-electron chi connectivity index (χ0n) is 21.4. The molecule has 4 aromatic rings. The summed E-state index contributed by atoms with van der Waals surface area (Å²) in [6.07, 6.45) is 3.23. The van der Waals surface area contributed by atoms with Crippen LogP contribution in [0.1, 0.15) is 58.4 Å². The number of rotatable bonds is 6. The van der Waals surface area contributed by atoms with Gasteiger partial charge in [0.15, 0.2) is 11.6 Å². The SMILES string of the molecule is Cc1cc(C(=O)Nc2ccc(C(=O)c3ccc4c(c3)/C(=C/Nc3cc[nH]n3)C(=O)N4)cc2)n(C(C)(C)C)n1. The van der Waals surface area contributed by atoms with Crippen molar-refractivity contribution in [1.29, 1.82) is 0 Å². The molecule has 0 radical (unpaired) electrons. The van der Waals surface area contributed by atoms with Gasteiger partial charge in [-0.25, -0.2) is 0 Å². The van der Waals surface area contributed by atoms with Crippen molar-refractivity contribution >= 4 is 40.4 Å². The van der Waals surface area contributed by atoms with Crippen LogP contribution in [-0.4, -0.2) is 37.6 Å². The van der Waals surface area contributed by atoms with E-state index in [9.17, 15) is 14.4 Å². The summed E-state index contributed by atoms with van der Waals surface area (Å²) in [6, 6.07) is 15.3. The molecule has 10 nitrogen and oxygen atoms in total. The lowest BCUT2D eigenvalue weighted by Crippen LogP contribution is -2.29. The average molecular weight is 510 g/mol. The number of ketones is 1. The number of aryl methyl sites for hydroxylation is 1. The van der Waals surface area contributed by atoms with Crippen LogP contribution in [0.2, 0.25) is 0 Å². The predicted molar refractivity (Wildman–Crippen MR) is 145 cm³/mol. The molecule has 0 saturated carbocycles. The Kier molecular flexibility index (Phi) is 6.15. The predicted octanol–water partition coefficient (Wildman–Crippen LogP) is 4.56. The Morgan fingerprint density at radius 3 is 2.42 bits per heavy atom. The van der Waals surface area contributed by atoms with Gasteiger partial charge in [0, 0.05) is 46.5 Å². The molecule has 10 heteroatoms. The highest BCUT2D eigenvalue weighted by Crippen LogP contribution is 2.33. The van der Waals surface area contributed by atoms with Crippen molar-refractivity contribution in [3.05, 3.63) is 95.1 Å². The summed E-state index contributed by atoms with van der Waals surface area (Å²) < 4.78 is 1.70. The summed E-state index contributed by atoms with van der Waals surface area (Å²) in [7, 11) is 0. The van der Waals surface area contributed by atoms with Crippen molar-refractivity contribution in [3.8, 4) is 0 Å². The number of amides is 2. The number of hydrogen-bond acceptors (Lipinski definition) is 6. The van der Waals surface area contributed by atoms with Gasteiger partial charge in [-0.2, -0.15) is 10.2 Å². The fraction of sp³-hybridized carbons (Fsp3) is 0.179. The summed E-state index contributed by atoms with van der Waals surface area (Å²) in [5.74, 6) is -0.184. The molecule has 0 aliphatic carbocycles. The fourth-order valence-electron chi connectivity index (χ4n) is 4.20. The largest absolute Gasteiger partial charge is 0.344 e. The van der Waals surface area contributed by atoms with Crippen LogP contribution in [0.4, 0.5) is 17.2 Å². The molecule has 0 spiro atoms. The summed E-state index contributed by atoms with van der Waals surface area (Å²) in [5, 5.41) is 19.8. The van der Waals surface area contributed by atoms with Crippen LogP contribution in [0.25, 0.3) is 5.57 Å². The van der Waals surface area contributed by atoms with E-state index in [4.69, 9.17) is 0 Å². The van der Waals surface area contributed by atoms with Gasteiger partial charge in [-0.1, -0.05) is 0 Å². The Hall–Kier alpha value is -4.99. The number of carbonyl (C=O) groups excluding carboxylic acids is 3. The number of nitrogens with one attached hydrogen (secondary N) is 4. The summed E-state index contributed by atoms with van der Waals surface area (Å²) >= 11 is 0. The second-order valence-corrected chi connectivity index (χ2v) is 9.99. The molecular formula is C28H27N7O3. The maximum absolute atomic E-state index is 13.2. The molecule has 3 heterocycles. The van der Waals surface area contributed by atoms with E-state index < -0.39 is 0 Å². The van der Waals surface area contributed by atoms with Crippen LogP contribution in [0.15, 0.2) is 67.0 Å². The lowest BCUT2D eigenvalue weighted by molar-refractivity contribution is -0.110. The van der Waals surface area contributed by atoms with Crippen LogP contribution >= 0.6 is 0 Å². The highest BCUT2D eigenvalue weighted by molar-refractivity contribution is 6.32. The monoisotopic (exact) mass is 509 g/mol. The normalized spacial score (nSPS) is 13.8. The molecule has 1 aliphatic rings. The second kappa shape index (κ2) is 9.47. The van der Waals surface area contributed by atoms with E-state index in [-0.39, 0.29) is 23.1 Å². The van der Waals surface area contributed by atoms with Crippen molar-refractivity contribution in [1.82, 2.24) is 20.0 Å². The topological polar surface area (TPSA) is 134 Å². The van der Waals surface area contributed by atoms with Crippen LogP contribution in [0.5, 0.6) is 0 Å². The van der Waals surface area contributed by atoms with Gasteiger partial charge in [0.05, 0.1) is 16.8 Å². The third kappa shape index (κ3) is 4.83. The summed E-state index contributed by atoms with van der Waals surface area (Å²) in [4.78, 5) is 38.7. The Labute approximate surface area is 219 Å². The van der Waals surface area contributed by atoms with Gasteiger partial charge in [-0.15, -0.1) is 0 Å². The van der Waals surface area contributed by atoms with Crippen LogP contribution in [0.3, 0.4) is 0 Å². The molecule has 0 saturated heterocycles. The van der Waals surface area contributed by atoms with E-state index in [1.54, 1.807) is 71.7 Å². The molecular weight excluding hydrogens is 482 g/mol. The van der Waals surface area contributed by atoms with E-state index in [1.807, 2.05) is 27.7 Å². The number of hydrogen-bond donors (Lipinski definition) is 4. The molecule has 2 aromatic heterocycles. The second-order valence-electron chi connectivity index (χ2n) is 9.99. The first kappa shape index (κ1) is 24.7. The Bertz CT molecular complexity index is 1570. The number of anilines is 3. The van der Waals surface area contributed by atoms with Crippen molar-refractivity contribution < 1.29 is 14.4 Å². The molecule has 2 aromatic carbocycles. The smallest absolute Gasteiger partial charge is 0.273 e. The van der Waals surface area contributed by atoms with E-state index in [0.717, 1.165) is 5.69 Å². The highest BCUT2D eigenvalue weighted by atomic mass is 16.2. The zero-order chi connectivity index (χ0) is 27.0. The van der Waals surface area contributed by atoms with Gasteiger partial charge in [0.25, 0.3) is 11.8 Å². The zero-order valence-corrected chi connectivity index (χ0v) is 21.4. The Balaban J connectivity index is 1.33. The molecule has 0 unspecified atom stereocenters. The van der Waals surface area contributed by atoms with Crippen LogP contribution < -0.4 is 16.0 Å². The van der Waals surface area contributed by atoms with E-state index >= 15 is 0 Å².